The molecule has 1 fully saturated rings. The monoisotopic (exact) mass is 488 g/mol. The fourth-order valence-corrected chi connectivity index (χ4v) is 4.18. The molecule has 3 rings (SSSR count). The second-order valence-electron chi connectivity index (χ2n) is 7.25. The Morgan fingerprint density at radius 1 is 1.23 bits per heavy atom. The number of amides is 1. The van der Waals surface area contributed by atoms with E-state index in [4.69, 9.17) is 16.3 Å². The van der Waals surface area contributed by atoms with Crippen LogP contribution in [0.25, 0.3) is 12.2 Å². The predicted octanol–water partition coefficient (Wildman–Crippen LogP) is 5.45. The van der Waals surface area contributed by atoms with Gasteiger partial charge in [0.05, 0.1) is 0 Å². The molecule has 0 atom stereocenters. The van der Waals surface area contributed by atoms with E-state index in [9.17, 15) is 4.79 Å². The van der Waals surface area contributed by atoms with Crippen molar-refractivity contribution < 1.29 is 9.53 Å². The second kappa shape index (κ2) is 11.3. The third-order valence-corrected chi connectivity index (χ3v) is 5.87. The first-order valence-corrected chi connectivity index (χ1v) is 11.2. The molecule has 0 radical (unpaired) electrons. The molecule has 1 saturated heterocycles. The number of carbonyl (C=O) groups excluding carboxylic acids is 1. The Hall–Kier alpha value is -2.08. The van der Waals surface area contributed by atoms with Gasteiger partial charge in [0.15, 0.2) is 0 Å². The molecule has 6 heteroatoms. The predicted molar refractivity (Wildman–Crippen MR) is 128 cm³/mol. The Morgan fingerprint density at radius 3 is 2.77 bits per heavy atom. The number of piperidine rings is 1. The molecule has 4 nitrogen and oxygen atoms in total. The first-order valence-electron chi connectivity index (χ1n) is 10.0. The van der Waals surface area contributed by atoms with E-state index in [1.807, 2.05) is 42.5 Å². The van der Waals surface area contributed by atoms with Crippen molar-refractivity contribution in [3.63, 3.8) is 0 Å². The molecule has 0 aromatic heterocycles. The lowest BCUT2D eigenvalue weighted by atomic mass is 9.97. The second-order valence-corrected chi connectivity index (χ2v) is 8.54. The Labute approximate surface area is 191 Å². The zero-order valence-electron chi connectivity index (χ0n) is 16.8. The maximum absolute atomic E-state index is 12.5. The molecule has 0 bridgehead atoms. The van der Waals surface area contributed by atoms with Crippen LogP contribution in [0.15, 0.2) is 53.5 Å². The number of hydrogen-bond acceptors (Lipinski definition) is 3. The molecule has 0 aliphatic carbocycles. The number of rotatable bonds is 8. The zero-order valence-corrected chi connectivity index (χ0v) is 19.1. The summed E-state index contributed by atoms with van der Waals surface area (Å²) < 4.78 is 6.68. The Kier molecular flexibility index (Phi) is 8.55. The lowest BCUT2D eigenvalue weighted by Crippen LogP contribution is -2.37. The highest BCUT2D eigenvalue weighted by molar-refractivity contribution is 9.10. The highest BCUT2D eigenvalue weighted by Crippen LogP contribution is 2.25. The van der Waals surface area contributed by atoms with Crippen LogP contribution in [0.1, 0.15) is 29.5 Å². The molecule has 1 amide bonds. The molecule has 1 aliphatic heterocycles. The van der Waals surface area contributed by atoms with E-state index in [1.165, 1.54) is 0 Å². The van der Waals surface area contributed by atoms with Gasteiger partial charge in [-0.3, -0.25) is 4.79 Å². The molecular weight excluding hydrogens is 464 g/mol. The quantitative estimate of drug-likeness (QED) is 0.383. The Balaban J connectivity index is 1.74. The van der Waals surface area contributed by atoms with Gasteiger partial charge >= 0.3 is 0 Å². The topological polar surface area (TPSA) is 50.4 Å². The van der Waals surface area contributed by atoms with Crippen molar-refractivity contribution in [2.24, 2.45) is 5.92 Å². The van der Waals surface area contributed by atoms with E-state index in [0.29, 0.717) is 18.2 Å². The summed E-state index contributed by atoms with van der Waals surface area (Å²) in [5, 5.41) is 7.05. The smallest absolute Gasteiger partial charge is 0.223 e. The van der Waals surface area contributed by atoms with Gasteiger partial charge in [-0.2, -0.15) is 0 Å². The Morgan fingerprint density at radius 2 is 2.03 bits per heavy atom. The van der Waals surface area contributed by atoms with Crippen molar-refractivity contribution in [3.8, 4) is 5.75 Å². The summed E-state index contributed by atoms with van der Waals surface area (Å²) in [4.78, 5) is 12.5. The maximum atomic E-state index is 12.5. The van der Waals surface area contributed by atoms with E-state index in [0.717, 1.165) is 52.8 Å². The van der Waals surface area contributed by atoms with Crippen LogP contribution in [0.5, 0.6) is 5.75 Å². The van der Waals surface area contributed by atoms with Crippen LogP contribution in [0.2, 0.25) is 5.02 Å². The number of ether oxygens (including phenoxy) is 1. The zero-order chi connectivity index (χ0) is 21.3. The van der Waals surface area contributed by atoms with Crippen molar-refractivity contribution in [3.05, 3.63) is 75.2 Å². The summed E-state index contributed by atoms with van der Waals surface area (Å²) in [6.45, 7) is 6.41. The van der Waals surface area contributed by atoms with Crippen molar-refractivity contribution in [2.45, 2.75) is 19.4 Å². The molecule has 0 spiro atoms. The lowest BCUT2D eigenvalue weighted by molar-refractivity contribution is -0.125. The minimum atomic E-state index is 0.0908. The normalized spacial score (nSPS) is 14.6. The molecule has 1 heterocycles. The SMILES string of the molecule is C=CCOc1cc(/C=C/c2ccc(Cl)cc2Br)cc(CNC(=O)C2CCNCC2)c1. The molecular formula is C24H26BrClN2O2. The summed E-state index contributed by atoms with van der Waals surface area (Å²) in [5.41, 5.74) is 3.01. The number of nitrogens with one attached hydrogen (secondary N) is 2. The van der Waals surface area contributed by atoms with E-state index in [1.54, 1.807) is 6.08 Å². The minimum Gasteiger partial charge on any atom is -0.490 e. The molecule has 0 unspecified atom stereocenters. The number of hydrogen-bond donors (Lipinski definition) is 2. The van der Waals surface area contributed by atoms with Gasteiger partial charge in [-0.05, 0) is 73.0 Å². The average molecular weight is 490 g/mol. The molecule has 0 saturated carbocycles. The number of halogens is 2. The number of benzene rings is 2. The van der Waals surface area contributed by atoms with Crippen LogP contribution >= 0.6 is 27.5 Å². The van der Waals surface area contributed by atoms with E-state index >= 15 is 0 Å². The Bertz CT molecular complexity index is 923. The highest BCUT2D eigenvalue weighted by atomic mass is 79.9. The fraction of sp³-hybridized carbons (Fsp3) is 0.292. The molecule has 158 valence electrons. The van der Waals surface area contributed by atoms with Crippen molar-refractivity contribution in [1.29, 1.82) is 0 Å². The average Bonchev–Trinajstić information content (AvgIpc) is 2.76. The first kappa shape index (κ1) is 22.6. The molecule has 1 aliphatic rings. The van der Waals surface area contributed by atoms with E-state index < -0.39 is 0 Å². The van der Waals surface area contributed by atoms with Crippen LogP contribution in [0.3, 0.4) is 0 Å². The van der Waals surface area contributed by atoms with Crippen LogP contribution in [-0.4, -0.2) is 25.6 Å². The third kappa shape index (κ3) is 6.73. The van der Waals surface area contributed by atoms with Crippen LogP contribution in [0, 0.1) is 5.92 Å². The molecule has 2 N–H and O–H groups in total. The van der Waals surface area contributed by atoms with Gasteiger partial charge in [0.25, 0.3) is 0 Å². The fourth-order valence-electron chi connectivity index (χ4n) is 3.36. The van der Waals surface area contributed by atoms with Crippen molar-refractivity contribution in [2.75, 3.05) is 19.7 Å². The van der Waals surface area contributed by atoms with E-state index in [-0.39, 0.29) is 11.8 Å². The van der Waals surface area contributed by atoms with Crippen molar-refractivity contribution >= 4 is 45.6 Å². The standard InChI is InChI=1S/C24H26BrClN2O2/c1-2-11-30-22-13-17(3-4-19-5-6-21(26)15-23(19)25)12-18(14-22)16-28-24(29)20-7-9-27-10-8-20/h2-6,12-15,20,27H,1,7-11,16H2,(H,28,29)/b4-3+. The van der Waals surface area contributed by atoms with Gasteiger partial charge in [0.2, 0.25) is 5.91 Å². The minimum absolute atomic E-state index is 0.0908. The largest absolute Gasteiger partial charge is 0.490 e. The van der Waals surface area contributed by atoms with Crippen LogP contribution < -0.4 is 15.4 Å². The van der Waals surface area contributed by atoms with Gasteiger partial charge < -0.3 is 15.4 Å². The van der Waals surface area contributed by atoms with Gasteiger partial charge in [-0.15, -0.1) is 0 Å². The third-order valence-electron chi connectivity index (χ3n) is 4.95. The summed E-state index contributed by atoms with van der Waals surface area (Å²) in [6.07, 6.45) is 7.53. The summed E-state index contributed by atoms with van der Waals surface area (Å²) in [7, 11) is 0. The van der Waals surface area contributed by atoms with Gasteiger partial charge in [0.1, 0.15) is 12.4 Å². The molecule has 2 aromatic rings. The molecule has 30 heavy (non-hydrogen) atoms. The van der Waals surface area contributed by atoms with Crippen LogP contribution in [0.4, 0.5) is 0 Å². The first-order chi connectivity index (χ1) is 14.5. The van der Waals surface area contributed by atoms with Gasteiger partial charge in [0, 0.05) is 22.0 Å². The van der Waals surface area contributed by atoms with E-state index in [2.05, 4.69) is 39.2 Å². The van der Waals surface area contributed by atoms with Gasteiger partial charge in [-0.25, -0.2) is 0 Å². The van der Waals surface area contributed by atoms with Crippen molar-refractivity contribution in [1.82, 2.24) is 10.6 Å². The number of carbonyl (C=O) groups is 1. The van der Waals surface area contributed by atoms with Gasteiger partial charge in [-0.1, -0.05) is 58.4 Å². The lowest BCUT2D eigenvalue weighted by Gasteiger charge is -2.21. The highest BCUT2D eigenvalue weighted by Gasteiger charge is 2.20. The molecule has 2 aromatic carbocycles. The summed E-state index contributed by atoms with van der Waals surface area (Å²) >= 11 is 9.56. The summed E-state index contributed by atoms with van der Waals surface area (Å²) in [5.74, 6) is 0.961. The maximum Gasteiger partial charge on any atom is 0.223 e. The van der Waals surface area contributed by atoms with Crippen LogP contribution in [-0.2, 0) is 11.3 Å². The summed E-state index contributed by atoms with van der Waals surface area (Å²) in [6, 6.07) is 11.7.